The third kappa shape index (κ3) is 3.03. The number of carbonyl (C=O) groups excluding carboxylic acids is 1. The third-order valence-corrected chi connectivity index (χ3v) is 4.47. The van der Waals surface area contributed by atoms with Gasteiger partial charge in [0.15, 0.2) is 0 Å². The highest BCUT2D eigenvalue weighted by Crippen LogP contribution is 2.32. The molecule has 0 spiro atoms. The van der Waals surface area contributed by atoms with Gasteiger partial charge < -0.3 is 10.0 Å². The molecule has 1 saturated carbocycles. The average Bonchev–Trinajstić information content (AvgIpc) is 2.36. The van der Waals surface area contributed by atoms with E-state index in [1.165, 1.54) is 11.3 Å². The van der Waals surface area contributed by atoms with Crippen LogP contribution in [0.4, 0.5) is 0 Å². The Bertz CT molecular complexity index is 317. The van der Waals surface area contributed by atoms with Gasteiger partial charge in [0.25, 0.3) is 0 Å². The Morgan fingerprint density at radius 1 is 1.22 bits per heavy atom. The molecule has 0 unspecified atom stereocenters. The molecule has 0 saturated heterocycles. The number of hydrogen-bond donors (Lipinski definition) is 1. The lowest BCUT2D eigenvalue weighted by atomic mass is 9.80. The molecule has 18 heavy (non-hydrogen) atoms. The summed E-state index contributed by atoms with van der Waals surface area (Å²) in [5.41, 5.74) is -1.13. The first-order chi connectivity index (χ1) is 8.30. The van der Waals surface area contributed by atoms with Gasteiger partial charge in [-0.2, -0.15) is 0 Å². The van der Waals surface area contributed by atoms with Gasteiger partial charge in [-0.25, -0.2) is 4.79 Å². The van der Waals surface area contributed by atoms with Crippen LogP contribution in [-0.2, 0) is 9.59 Å². The summed E-state index contributed by atoms with van der Waals surface area (Å²) in [6.07, 6.45) is 5.16. The molecule has 0 atom stereocenters. The first kappa shape index (κ1) is 15.0. The van der Waals surface area contributed by atoms with E-state index in [4.69, 9.17) is 5.11 Å². The molecular formula is C14H25NO3. The molecule has 1 N–H and O–H groups in total. The molecule has 0 aromatic rings. The summed E-state index contributed by atoms with van der Waals surface area (Å²) >= 11 is 0. The van der Waals surface area contributed by atoms with Crippen LogP contribution in [0.3, 0.4) is 0 Å². The monoisotopic (exact) mass is 255 g/mol. The predicted octanol–water partition coefficient (Wildman–Crippen LogP) is 2.52. The van der Waals surface area contributed by atoms with Crippen LogP contribution in [0.15, 0.2) is 0 Å². The fourth-order valence-corrected chi connectivity index (χ4v) is 2.51. The normalized spacial score (nSPS) is 24.7. The smallest absolute Gasteiger partial charge is 0.329 e. The molecule has 1 fully saturated rings. The highest BCUT2D eigenvalue weighted by atomic mass is 16.4. The van der Waals surface area contributed by atoms with E-state index in [1.54, 1.807) is 20.9 Å². The predicted molar refractivity (Wildman–Crippen MR) is 70.2 cm³/mol. The Hall–Kier alpha value is -1.06. The van der Waals surface area contributed by atoms with E-state index in [9.17, 15) is 9.59 Å². The maximum atomic E-state index is 12.3. The molecule has 1 rings (SSSR count). The third-order valence-electron chi connectivity index (χ3n) is 4.47. The van der Waals surface area contributed by atoms with Crippen LogP contribution in [0.1, 0.15) is 52.9 Å². The highest BCUT2D eigenvalue weighted by molar-refractivity contribution is 5.87. The molecule has 4 heteroatoms. The van der Waals surface area contributed by atoms with Crippen molar-refractivity contribution in [1.82, 2.24) is 4.90 Å². The maximum Gasteiger partial charge on any atom is 0.329 e. The van der Waals surface area contributed by atoms with E-state index >= 15 is 0 Å². The second-order valence-electron chi connectivity index (χ2n) is 5.89. The maximum absolute atomic E-state index is 12.3. The Kier molecular flexibility index (Phi) is 4.77. The quantitative estimate of drug-likeness (QED) is 0.839. The first-order valence-electron chi connectivity index (χ1n) is 6.81. The van der Waals surface area contributed by atoms with E-state index < -0.39 is 11.5 Å². The van der Waals surface area contributed by atoms with Crippen molar-refractivity contribution in [2.24, 2.45) is 11.8 Å². The van der Waals surface area contributed by atoms with Crippen LogP contribution in [0.25, 0.3) is 0 Å². The topological polar surface area (TPSA) is 57.6 Å². The van der Waals surface area contributed by atoms with Gasteiger partial charge in [-0.05, 0) is 45.4 Å². The van der Waals surface area contributed by atoms with Crippen molar-refractivity contribution < 1.29 is 14.7 Å². The van der Waals surface area contributed by atoms with Crippen LogP contribution < -0.4 is 0 Å². The Labute approximate surface area is 109 Å². The average molecular weight is 255 g/mol. The second kappa shape index (κ2) is 5.72. The number of carboxylic acid groups (broad SMARTS) is 1. The highest BCUT2D eigenvalue weighted by Gasteiger charge is 2.38. The molecule has 1 aliphatic rings. The van der Waals surface area contributed by atoms with E-state index in [2.05, 4.69) is 6.92 Å². The Balaban J connectivity index is 2.63. The van der Waals surface area contributed by atoms with Crippen molar-refractivity contribution >= 4 is 11.9 Å². The number of hydrogen-bond acceptors (Lipinski definition) is 2. The molecule has 0 bridgehead atoms. The van der Waals surface area contributed by atoms with Gasteiger partial charge in [0.05, 0.1) is 0 Å². The fraction of sp³-hybridized carbons (Fsp3) is 0.857. The SMILES string of the molecule is CCC1CCC(C(=O)N(C)C(C)(C)C(=O)O)CC1. The van der Waals surface area contributed by atoms with E-state index in [1.807, 2.05) is 0 Å². The summed E-state index contributed by atoms with van der Waals surface area (Å²) < 4.78 is 0. The van der Waals surface area contributed by atoms with Crippen molar-refractivity contribution in [3.05, 3.63) is 0 Å². The summed E-state index contributed by atoms with van der Waals surface area (Å²) in [4.78, 5) is 24.9. The largest absolute Gasteiger partial charge is 0.480 e. The van der Waals surface area contributed by atoms with Crippen molar-refractivity contribution in [3.8, 4) is 0 Å². The van der Waals surface area contributed by atoms with Gasteiger partial charge in [-0.1, -0.05) is 13.3 Å². The lowest BCUT2D eigenvalue weighted by Crippen LogP contribution is -2.52. The van der Waals surface area contributed by atoms with Gasteiger partial charge in [0.2, 0.25) is 5.91 Å². The molecule has 0 aliphatic heterocycles. The number of likely N-dealkylation sites (N-methyl/N-ethyl adjacent to an activating group) is 1. The molecule has 0 aromatic carbocycles. The van der Waals surface area contributed by atoms with Crippen molar-refractivity contribution in [2.45, 2.75) is 58.4 Å². The van der Waals surface area contributed by atoms with E-state index in [0.29, 0.717) is 0 Å². The molecule has 4 nitrogen and oxygen atoms in total. The summed E-state index contributed by atoms with van der Waals surface area (Å²) in [7, 11) is 1.60. The van der Waals surface area contributed by atoms with Crippen LogP contribution in [0.5, 0.6) is 0 Å². The minimum atomic E-state index is -1.13. The summed E-state index contributed by atoms with van der Waals surface area (Å²) in [5.74, 6) is -0.221. The lowest BCUT2D eigenvalue weighted by Gasteiger charge is -2.36. The zero-order chi connectivity index (χ0) is 13.9. The zero-order valence-electron chi connectivity index (χ0n) is 11.9. The number of carbonyl (C=O) groups is 2. The number of nitrogens with zero attached hydrogens (tertiary/aromatic N) is 1. The van der Waals surface area contributed by atoms with Gasteiger partial charge in [0.1, 0.15) is 5.54 Å². The lowest BCUT2D eigenvalue weighted by molar-refractivity contribution is -0.157. The Morgan fingerprint density at radius 2 is 1.72 bits per heavy atom. The van der Waals surface area contributed by atoms with Gasteiger partial charge in [-0.3, -0.25) is 4.79 Å². The van der Waals surface area contributed by atoms with Gasteiger partial charge in [-0.15, -0.1) is 0 Å². The Morgan fingerprint density at radius 3 is 2.11 bits per heavy atom. The number of rotatable bonds is 4. The zero-order valence-corrected chi connectivity index (χ0v) is 11.9. The second-order valence-corrected chi connectivity index (χ2v) is 5.89. The van der Waals surface area contributed by atoms with Crippen LogP contribution in [0.2, 0.25) is 0 Å². The van der Waals surface area contributed by atoms with Crippen molar-refractivity contribution in [2.75, 3.05) is 7.05 Å². The number of aliphatic carboxylic acids is 1. The molecule has 1 amide bonds. The minimum absolute atomic E-state index is 0.0106. The van der Waals surface area contributed by atoms with Gasteiger partial charge >= 0.3 is 5.97 Å². The van der Waals surface area contributed by atoms with Crippen molar-refractivity contribution in [3.63, 3.8) is 0 Å². The van der Waals surface area contributed by atoms with Gasteiger partial charge in [0, 0.05) is 13.0 Å². The van der Waals surface area contributed by atoms with Crippen LogP contribution >= 0.6 is 0 Å². The number of amides is 1. The minimum Gasteiger partial charge on any atom is -0.480 e. The van der Waals surface area contributed by atoms with E-state index in [0.717, 1.165) is 31.6 Å². The standard InChI is InChI=1S/C14H25NO3/c1-5-10-6-8-11(9-7-10)12(16)15(4)14(2,3)13(17)18/h10-11H,5-9H2,1-4H3,(H,17,18). The summed E-state index contributed by atoms with van der Waals surface area (Å²) in [5, 5.41) is 9.15. The van der Waals surface area contributed by atoms with Crippen LogP contribution in [-0.4, -0.2) is 34.5 Å². The first-order valence-corrected chi connectivity index (χ1v) is 6.81. The van der Waals surface area contributed by atoms with E-state index in [-0.39, 0.29) is 11.8 Å². The molecular weight excluding hydrogens is 230 g/mol. The molecule has 0 aromatic heterocycles. The molecule has 1 aliphatic carbocycles. The molecule has 104 valence electrons. The summed E-state index contributed by atoms with van der Waals surface area (Å²) in [6.45, 7) is 5.34. The summed E-state index contributed by atoms with van der Waals surface area (Å²) in [6, 6.07) is 0. The van der Waals surface area contributed by atoms with Crippen LogP contribution in [0, 0.1) is 11.8 Å². The molecule has 0 heterocycles. The van der Waals surface area contributed by atoms with Crippen molar-refractivity contribution in [1.29, 1.82) is 0 Å². The fourth-order valence-electron chi connectivity index (χ4n) is 2.51. The number of carboxylic acids is 1. The molecule has 0 radical (unpaired) electrons.